The van der Waals surface area contributed by atoms with Crippen LogP contribution in [-0.2, 0) is 4.74 Å². The molecule has 2 unspecified atom stereocenters. The number of nitrogens with zero attached hydrogens (tertiary/aromatic N) is 2. The third-order valence-electron chi connectivity index (χ3n) is 3.35. The Morgan fingerprint density at radius 1 is 1.42 bits per heavy atom. The second-order valence-corrected chi connectivity index (χ2v) is 5.18. The summed E-state index contributed by atoms with van der Waals surface area (Å²) in [4.78, 5) is 2.08. The molecule has 0 radical (unpaired) electrons. The van der Waals surface area contributed by atoms with Crippen molar-refractivity contribution in [2.75, 3.05) is 26.2 Å². The molecule has 0 amide bonds. The van der Waals surface area contributed by atoms with Gasteiger partial charge in [-0.2, -0.15) is 5.26 Å². The van der Waals surface area contributed by atoms with Gasteiger partial charge in [0, 0.05) is 19.6 Å². The third kappa shape index (κ3) is 3.77. The maximum atomic E-state index is 10.3. The zero-order chi connectivity index (χ0) is 13.8. The largest absolute Gasteiger partial charge is 0.387 e. The number of hydrogen-bond donors (Lipinski definition) is 1. The molecule has 1 aromatic carbocycles. The molecule has 1 aliphatic heterocycles. The lowest BCUT2D eigenvalue weighted by Gasteiger charge is -2.31. The summed E-state index contributed by atoms with van der Waals surface area (Å²) in [5.74, 6) is 0. The number of rotatable bonds is 3. The summed E-state index contributed by atoms with van der Waals surface area (Å²) in [5, 5.41) is 19.2. The number of nitriles is 1. The average molecular weight is 260 g/mol. The molecule has 2 atom stereocenters. The number of ether oxygens (including phenoxy) is 1. The van der Waals surface area contributed by atoms with Gasteiger partial charge in [0.25, 0.3) is 0 Å². The zero-order valence-electron chi connectivity index (χ0n) is 11.5. The monoisotopic (exact) mass is 260 g/mol. The number of aryl methyl sites for hydroxylation is 2. The minimum Gasteiger partial charge on any atom is -0.387 e. The predicted octanol–water partition coefficient (Wildman–Crippen LogP) is 1.56. The van der Waals surface area contributed by atoms with Gasteiger partial charge in [0.1, 0.15) is 0 Å². The summed E-state index contributed by atoms with van der Waals surface area (Å²) in [6.45, 7) is 6.49. The van der Waals surface area contributed by atoms with E-state index in [0.29, 0.717) is 19.7 Å². The first-order valence-electron chi connectivity index (χ1n) is 6.58. The number of hydrogen-bond acceptors (Lipinski definition) is 4. The van der Waals surface area contributed by atoms with Gasteiger partial charge in [0.05, 0.1) is 18.8 Å². The van der Waals surface area contributed by atoms with E-state index >= 15 is 0 Å². The lowest BCUT2D eigenvalue weighted by atomic mass is 10.0. The molecule has 0 saturated carbocycles. The van der Waals surface area contributed by atoms with Crippen LogP contribution >= 0.6 is 0 Å². The zero-order valence-corrected chi connectivity index (χ0v) is 11.5. The Balaban J connectivity index is 2.00. The van der Waals surface area contributed by atoms with E-state index in [1.165, 1.54) is 0 Å². The van der Waals surface area contributed by atoms with E-state index in [0.717, 1.165) is 23.2 Å². The molecule has 2 rings (SSSR count). The van der Waals surface area contributed by atoms with Crippen LogP contribution in [0.1, 0.15) is 22.8 Å². The molecule has 0 aromatic heterocycles. The summed E-state index contributed by atoms with van der Waals surface area (Å²) in [5.41, 5.74) is 3.26. The first-order valence-corrected chi connectivity index (χ1v) is 6.58. The fourth-order valence-corrected chi connectivity index (χ4v) is 2.50. The van der Waals surface area contributed by atoms with Crippen LogP contribution in [0.3, 0.4) is 0 Å². The summed E-state index contributed by atoms with van der Waals surface area (Å²) < 4.78 is 5.30. The van der Waals surface area contributed by atoms with Crippen LogP contribution in [0.4, 0.5) is 0 Å². The van der Waals surface area contributed by atoms with Crippen molar-refractivity contribution in [1.82, 2.24) is 4.90 Å². The van der Waals surface area contributed by atoms with Crippen molar-refractivity contribution in [2.24, 2.45) is 0 Å². The molecule has 1 N–H and O–H groups in total. The highest BCUT2D eigenvalue weighted by atomic mass is 16.5. The Bertz CT molecular complexity index is 461. The Morgan fingerprint density at radius 3 is 2.74 bits per heavy atom. The first-order chi connectivity index (χ1) is 9.08. The normalized spacial score (nSPS) is 21.9. The van der Waals surface area contributed by atoms with Crippen molar-refractivity contribution >= 4 is 0 Å². The van der Waals surface area contributed by atoms with E-state index < -0.39 is 6.10 Å². The minimum absolute atomic E-state index is 0.375. The Kier molecular flexibility index (Phi) is 4.54. The van der Waals surface area contributed by atoms with Crippen molar-refractivity contribution in [3.8, 4) is 6.07 Å². The first kappa shape index (κ1) is 14.0. The number of β-amino-alcohol motifs (C(OH)–C–C–N with tert-alkyl or cyclic N) is 1. The fraction of sp³-hybridized carbons (Fsp3) is 0.533. The van der Waals surface area contributed by atoms with Gasteiger partial charge in [-0.1, -0.05) is 29.3 Å². The molecule has 4 heteroatoms. The molecule has 4 nitrogen and oxygen atoms in total. The Morgan fingerprint density at radius 2 is 2.11 bits per heavy atom. The third-order valence-corrected chi connectivity index (χ3v) is 3.35. The quantitative estimate of drug-likeness (QED) is 0.896. The van der Waals surface area contributed by atoms with Gasteiger partial charge in [-0.25, -0.2) is 0 Å². The lowest BCUT2D eigenvalue weighted by Crippen LogP contribution is -2.43. The summed E-state index contributed by atoms with van der Waals surface area (Å²) in [6.07, 6.45) is -0.892. The van der Waals surface area contributed by atoms with Gasteiger partial charge in [-0.15, -0.1) is 0 Å². The molecule has 1 aliphatic rings. The summed E-state index contributed by atoms with van der Waals surface area (Å²) >= 11 is 0. The molecule has 0 spiro atoms. The molecule has 19 heavy (non-hydrogen) atoms. The predicted molar refractivity (Wildman–Crippen MR) is 72.7 cm³/mol. The number of morpholine rings is 1. The van der Waals surface area contributed by atoms with Crippen molar-refractivity contribution in [3.05, 3.63) is 34.9 Å². The van der Waals surface area contributed by atoms with E-state index in [9.17, 15) is 5.11 Å². The molecular formula is C15H20N2O2. The molecule has 0 aliphatic carbocycles. The second kappa shape index (κ2) is 6.16. The molecule has 0 bridgehead atoms. The molecule has 1 fully saturated rings. The maximum absolute atomic E-state index is 10.3. The number of benzene rings is 1. The van der Waals surface area contributed by atoms with Gasteiger partial charge >= 0.3 is 0 Å². The Labute approximate surface area is 114 Å². The van der Waals surface area contributed by atoms with Crippen LogP contribution in [0.15, 0.2) is 18.2 Å². The second-order valence-electron chi connectivity index (χ2n) is 5.18. The van der Waals surface area contributed by atoms with Gasteiger partial charge in [0.2, 0.25) is 0 Å². The van der Waals surface area contributed by atoms with Gasteiger partial charge in [0.15, 0.2) is 6.10 Å². The number of aliphatic hydroxyl groups is 1. The van der Waals surface area contributed by atoms with Crippen LogP contribution in [0, 0.1) is 25.2 Å². The highest BCUT2D eigenvalue weighted by molar-refractivity contribution is 5.30. The average Bonchev–Trinajstić information content (AvgIpc) is 2.37. The molecule has 1 heterocycles. The van der Waals surface area contributed by atoms with Gasteiger partial charge in [-0.3, -0.25) is 4.90 Å². The van der Waals surface area contributed by atoms with Crippen LogP contribution in [-0.4, -0.2) is 42.4 Å². The van der Waals surface area contributed by atoms with Crippen molar-refractivity contribution in [1.29, 1.82) is 5.26 Å². The standard InChI is InChI=1S/C15H20N2O2/c1-11-5-12(2)7-13(6-11)15(18)10-17-3-4-19-14(8-16)9-17/h5-7,14-15,18H,3-4,9-10H2,1-2H3. The van der Waals surface area contributed by atoms with E-state index in [4.69, 9.17) is 10.00 Å². The van der Waals surface area contributed by atoms with Crippen LogP contribution in [0.25, 0.3) is 0 Å². The van der Waals surface area contributed by atoms with Gasteiger partial charge in [-0.05, 0) is 19.4 Å². The summed E-state index contributed by atoms with van der Waals surface area (Å²) in [7, 11) is 0. The molecule has 1 saturated heterocycles. The van der Waals surface area contributed by atoms with E-state index in [-0.39, 0.29) is 6.10 Å². The fourth-order valence-electron chi connectivity index (χ4n) is 2.50. The Hall–Kier alpha value is -1.41. The molecular weight excluding hydrogens is 240 g/mol. The van der Waals surface area contributed by atoms with Crippen molar-refractivity contribution < 1.29 is 9.84 Å². The van der Waals surface area contributed by atoms with E-state index in [1.54, 1.807) is 0 Å². The SMILES string of the molecule is Cc1cc(C)cc(C(O)CN2CCOC(C#N)C2)c1. The van der Waals surface area contributed by atoms with Crippen LogP contribution in [0.2, 0.25) is 0 Å². The molecule has 1 aromatic rings. The minimum atomic E-state index is -0.518. The lowest BCUT2D eigenvalue weighted by molar-refractivity contribution is -0.0159. The molecule has 102 valence electrons. The summed E-state index contributed by atoms with van der Waals surface area (Å²) in [6, 6.07) is 8.24. The topological polar surface area (TPSA) is 56.5 Å². The highest BCUT2D eigenvalue weighted by Crippen LogP contribution is 2.19. The number of aliphatic hydroxyl groups excluding tert-OH is 1. The van der Waals surface area contributed by atoms with Crippen LogP contribution in [0.5, 0.6) is 0 Å². The maximum Gasteiger partial charge on any atom is 0.156 e. The van der Waals surface area contributed by atoms with Crippen molar-refractivity contribution in [3.63, 3.8) is 0 Å². The van der Waals surface area contributed by atoms with E-state index in [2.05, 4.69) is 17.0 Å². The highest BCUT2D eigenvalue weighted by Gasteiger charge is 2.22. The van der Waals surface area contributed by atoms with Gasteiger partial charge < -0.3 is 9.84 Å². The smallest absolute Gasteiger partial charge is 0.156 e. The van der Waals surface area contributed by atoms with Crippen molar-refractivity contribution in [2.45, 2.75) is 26.1 Å². The van der Waals surface area contributed by atoms with E-state index in [1.807, 2.05) is 26.0 Å². The van der Waals surface area contributed by atoms with Crippen LogP contribution < -0.4 is 0 Å².